The number of hydrogen-bond acceptors (Lipinski definition) is 2. The molecule has 0 aliphatic heterocycles. The Kier molecular flexibility index (Phi) is 27.3. The van der Waals surface area contributed by atoms with Crippen LogP contribution in [0.3, 0.4) is 0 Å². The second-order valence-corrected chi connectivity index (χ2v) is 3.88. The molecule has 0 spiro atoms. The molecular weight excluding hydrogens is 258 g/mol. The molecule has 0 aromatic carbocycles. The van der Waals surface area contributed by atoms with Gasteiger partial charge in [-0.15, -0.1) is 46.4 Å². The summed E-state index contributed by atoms with van der Waals surface area (Å²) < 4.78 is 4.11. The van der Waals surface area contributed by atoms with Crippen LogP contribution < -0.4 is 0 Å². The number of alkyl halides is 4. The molecule has 2 nitrogen and oxygen atoms in total. The molecule has 0 saturated carbocycles. The average molecular weight is 272 g/mol. The van der Waals surface area contributed by atoms with Crippen LogP contribution in [0, 0.1) is 0 Å². The van der Waals surface area contributed by atoms with Crippen molar-refractivity contribution in [2.75, 3.05) is 18.9 Å². The van der Waals surface area contributed by atoms with E-state index >= 15 is 0 Å². The first-order chi connectivity index (χ1) is 5.92. The smallest absolute Gasteiger partial charge is 0.302 e. The maximum atomic E-state index is 9.59. The number of rotatable bonds is 1. The molecule has 0 aromatic heterocycles. The van der Waals surface area contributed by atoms with Crippen LogP contribution in [0.1, 0.15) is 13.8 Å². The highest BCUT2D eigenvalue weighted by atomic mass is 35.5. The Morgan fingerprint density at radius 3 is 1.46 bits per heavy atom. The van der Waals surface area contributed by atoms with Crippen molar-refractivity contribution >= 4 is 52.4 Å². The number of hydrogen-bond donors (Lipinski definition) is 0. The monoisotopic (exact) mass is 270 g/mol. The van der Waals surface area contributed by atoms with Crippen molar-refractivity contribution in [3.63, 3.8) is 0 Å². The van der Waals surface area contributed by atoms with Crippen molar-refractivity contribution < 1.29 is 9.53 Å². The Labute approximate surface area is 99.4 Å². The Morgan fingerprint density at radius 2 is 1.46 bits per heavy atom. The predicted molar refractivity (Wildman–Crippen MR) is 60.3 cm³/mol. The van der Waals surface area contributed by atoms with Crippen molar-refractivity contribution in [2.24, 2.45) is 0 Å². The molecule has 6 heteroatoms. The molecule has 0 heterocycles. The third-order valence-electron chi connectivity index (χ3n) is 0.359. The number of ether oxygens (including phenoxy) is 1. The average Bonchev–Trinajstić information content (AvgIpc) is 2.04. The van der Waals surface area contributed by atoms with Gasteiger partial charge in [0, 0.05) is 18.7 Å². The molecule has 0 aliphatic carbocycles. The Bertz CT molecular complexity index is 93.7. The maximum absolute atomic E-state index is 9.59. The van der Waals surface area contributed by atoms with Gasteiger partial charge < -0.3 is 4.74 Å². The van der Waals surface area contributed by atoms with Crippen LogP contribution in [-0.4, -0.2) is 29.7 Å². The van der Waals surface area contributed by atoms with Gasteiger partial charge in [-0.05, 0) is 6.92 Å². The van der Waals surface area contributed by atoms with Gasteiger partial charge in [0.15, 0.2) is 0 Å². The standard InChI is InChI=1S/C3H6O2.2C2H4Cl2/c1-3(4)5-2;1-2(3)4;3-1-2-4/h1-2H3;2H,1H3;1-2H2. The number of carbonyl (C=O) groups is 1. The van der Waals surface area contributed by atoms with Crippen LogP contribution in [0.15, 0.2) is 0 Å². The van der Waals surface area contributed by atoms with E-state index in [4.69, 9.17) is 46.4 Å². The number of halogens is 4. The van der Waals surface area contributed by atoms with E-state index in [1.165, 1.54) is 14.0 Å². The molecule has 0 radical (unpaired) electrons. The fourth-order valence-electron chi connectivity index (χ4n) is 0. The zero-order valence-corrected chi connectivity index (χ0v) is 10.8. The van der Waals surface area contributed by atoms with E-state index in [2.05, 4.69) is 4.74 Å². The summed E-state index contributed by atoms with van der Waals surface area (Å²) in [6.07, 6.45) is 0. The first-order valence-corrected chi connectivity index (χ1v) is 5.31. The largest absolute Gasteiger partial charge is 0.469 e. The lowest BCUT2D eigenvalue weighted by molar-refractivity contribution is -0.137. The summed E-state index contributed by atoms with van der Waals surface area (Å²) in [5.74, 6) is 0.869. The van der Waals surface area contributed by atoms with Crippen molar-refractivity contribution in [2.45, 2.75) is 18.7 Å². The zero-order valence-electron chi connectivity index (χ0n) is 7.82. The van der Waals surface area contributed by atoms with E-state index in [0.717, 1.165) is 0 Å². The molecule has 0 fully saturated rings. The fraction of sp³-hybridized carbons (Fsp3) is 0.857. The predicted octanol–water partition coefficient (Wildman–Crippen LogP) is 3.45. The van der Waals surface area contributed by atoms with Gasteiger partial charge in [0.1, 0.15) is 4.84 Å². The summed E-state index contributed by atoms with van der Waals surface area (Å²) in [4.78, 5) is 9.37. The van der Waals surface area contributed by atoms with Crippen molar-refractivity contribution in [3.05, 3.63) is 0 Å². The van der Waals surface area contributed by atoms with Gasteiger partial charge in [0.05, 0.1) is 7.11 Å². The van der Waals surface area contributed by atoms with Crippen LogP contribution in [-0.2, 0) is 9.53 Å². The molecule has 0 aliphatic rings. The first kappa shape index (κ1) is 19.2. The van der Waals surface area contributed by atoms with Crippen LogP contribution in [0.2, 0.25) is 0 Å². The molecule has 0 unspecified atom stereocenters. The highest BCUT2D eigenvalue weighted by Crippen LogP contribution is 1.95. The van der Waals surface area contributed by atoms with E-state index in [-0.39, 0.29) is 10.8 Å². The molecule has 0 rings (SSSR count). The summed E-state index contributed by atoms with van der Waals surface area (Å²) in [5.41, 5.74) is 0. The Balaban J connectivity index is -0.000000117. The van der Waals surface area contributed by atoms with Gasteiger partial charge in [-0.2, -0.15) is 0 Å². The minimum absolute atomic E-state index is 0.222. The SMILES string of the molecule is CC(Cl)Cl.COC(C)=O.ClCCCl. The first-order valence-electron chi connectivity index (χ1n) is 3.36. The summed E-state index contributed by atoms with van der Waals surface area (Å²) in [7, 11) is 1.35. The normalized spacial score (nSPS) is 7.69. The Morgan fingerprint density at radius 1 is 1.31 bits per heavy atom. The quantitative estimate of drug-likeness (QED) is 0.539. The highest BCUT2D eigenvalue weighted by Gasteiger charge is 1.75. The van der Waals surface area contributed by atoms with Crippen molar-refractivity contribution in [1.29, 1.82) is 0 Å². The third kappa shape index (κ3) is 108. The van der Waals surface area contributed by atoms with Crippen LogP contribution in [0.5, 0.6) is 0 Å². The fourth-order valence-corrected chi connectivity index (χ4v) is 0. The number of methoxy groups -OCH3 is 1. The molecule has 82 valence electrons. The van der Waals surface area contributed by atoms with E-state index < -0.39 is 0 Å². The lowest BCUT2D eigenvalue weighted by atomic mass is 10.8. The summed E-state index contributed by atoms with van der Waals surface area (Å²) in [6.45, 7) is 3.06. The highest BCUT2D eigenvalue weighted by molar-refractivity contribution is 6.43. The number of carbonyl (C=O) groups excluding carboxylic acids is 1. The lowest BCUT2D eigenvalue weighted by Gasteiger charge is -1.80. The van der Waals surface area contributed by atoms with E-state index in [9.17, 15) is 4.79 Å². The molecule has 0 N–H and O–H groups in total. The molecule has 0 amide bonds. The molecule has 0 atom stereocenters. The van der Waals surface area contributed by atoms with Gasteiger partial charge in [-0.25, -0.2) is 0 Å². The lowest BCUT2D eigenvalue weighted by Crippen LogP contribution is -1.88. The van der Waals surface area contributed by atoms with Crippen molar-refractivity contribution in [3.8, 4) is 0 Å². The van der Waals surface area contributed by atoms with Gasteiger partial charge in [0.2, 0.25) is 0 Å². The zero-order chi connectivity index (χ0) is 11.3. The van der Waals surface area contributed by atoms with Gasteiger partial charge in [0.25, 0.3) is 0 Å². The minimum Gasteiger partial charge on any atom is -0.469 e. The maximum Gasteiger partial charge on any atom is 0.302 e. The summed E-state index contributed by atoms with van der Waals surface area (Å²) in [6, 6.07) is 0. The van der Waals surface area contributed by atoms with Crippen LogP contribution >= 0.6 is 46.4 Å². The second-order valence-electron chi connectivity index (χ2n) is 1.59. The molecule has 0 aromatic rings. The van der Waals surface area contributed by atoms with Crippen molar-refractivity contribution in [1.82, 2.24) is 0 Å². The van der Waals surface area contributed by atoms with Crippen LogP contribution in [0.25, 0.3) is 0 Å². The molecule has 0 bridgehead atoms. The summed E-state index contributed by atoms with van der Waals surface area (Å²) in [5, 5.41) is 0. The van der Waals surface area contributed by atoms with Gasteiger partial charge >= 0.3 is 5.97 Å². The second kappa shape index (κ2) is 18.4. The van der Waals surface area contributed by atoms with E-state index in [0.29, 0.717) is 11.8 Å². The molecule has 13 heavy (non-hydrogen) atoms. The summed E-state index contributed by atoms with van der Waals surface area (Å²) >= 11 is 20.2. The van der Waals surface area contributed by atoms with E-state index in [1.54, 1.807) is 6.92 Å². The number of esters is 1. The molecular formula is C7H14Cl4O2. The van der Waals surface area contributed by atoms with Gasteiger partial charge in [-0.1, -0.05) is 0 Å². The topological polar surface area (TPSA) is 26.3 Å². The Hall–Kier alpha value is 0.630. The third-order valence-corrected chi connectivity index (χ3v) is 0.930. The minimum atomic E-state index is -0.245. The van der Waals surface area contributed by atoms with Crippen LogP contribution in [0.4, 0.5) is 0 Å². The van der Waals surface area contributed by atoms with Gasteiger partial charge in [-0.3, -0.25) is 4.79 Å². The molecule has 0 saturated heterocycles. The van der Waals surface area contributed by atoms with E-state index in [1.807, 2.05) is 0 Å².